The zero-order valence-corrected chi connectivity index (χ0v) is 12.0. The van der Waals surface area contributed by atoms with E-state index in [-0.39, 0.29) is 11.9 Å². The summed E-state index contributed by atoms with van der Waals surface area (Å²) in [4.78, 5) is 2.50. The lowest BCUT2D eigenvalue weighted by atomic mass is 9.96. The molecule has 0 aromatic heterocycles. The molecule has 1 unspecified atom stereocenters. The van der Waals surface area contributed by atoms with Crippen LogP contribution in [-0.4, -0.2) is 31.1 Å². The molecular formula is C16H25FN2. The highest BCUT2D eigenvalue weighted by molar-refractivity contribution is 5.20. The molecule has 0 aliphatic carbocycles. The number of nitrogens with one attached hydrogen (secondary N) is 1. The molecule has 1 aromatic rings. The van der Waals surface area contributed by atoms with Gasteiger partial charge >= 0.3 is 0 Å². The van der Waals surface area contributed by atoms with Crippen LogP contribution in [0.15, 0.2) is 24.3 Å². The molecule has 0 bridgehead atoms. The van der Waals surface area contributed by atoms with Crippen molar-refractivity contribution >= 4 is 0 Å². The van der Waals surface area contributed by atoms with Crippen molar-refractivity contribution in [2.75, 3.05) is 26.2 Å². The van der Waals surface area contributed by atoms with Crippen molar-refractivity contribution in [3.63, 3.8) is 0 Å². The number of likely N-dealkylation sites (tertiary alicyclic amines) is 1. The molecule has 1 saturated heterocycles. The van der Waals surface area contributed by atoms with E-state index in [1.54, 1.807) is 6.07 Å². The molecular weight excluding hydrogens is 239 g/mol. The Bertz CT molecular complexity index is 386. The lowest BCUT2D eigenvalue weighted by Gasteiger charge is -2.31. The van der Waals surface area contributed by atoms with Gasteiger partial charge in [0.1, 0.15) is 5.82 Å². The van der Waals surface area contributed by atoms with E-state index in [9.17, 15) is 4.39 Å². The first-order valence-corrected chi connectivity index (χ1v) is 7.41. The first-order chi connectivity index (χ1) is 9.20. The van der Waals surface area contributed by atoms with Gasteiger partial charge in [0.05, 0.1) is 0 Å². The maximum atomic E-state index is 13.7. The normalized spacial score (nSPS) is 19.5. The van der Waals surface area contributed by atoms with Gasteiger partial charge in [-0.15, -0.1) is 0 Å². The van der Waals surface area contributed by atoms with Crippen LogP contribution in [0.1, 0.15) is 38.3 Å². The smallest absolute Gasteiger partial charge is 0.127 e. The predicted molar refractivity (Wildman–Crippen MR) is 77.7 cm³/mol. The topological polar surface area (TPSA) is 15.3 Å². The van der Waals surface area contributed by atoms with Gasteiger partial charge in [-0.25, -0.2) is 4.39 Å². The monoisotopic (exact) mass is 264 g/mol. The third-order valence-corrected chi connectivity index (χ3v) is 4.24. The maximum absolute atomic E-state index is 13.7. The van der Waals surface area contributed by atoms with Crippen LogP contribution in [0.25, 0.3) is 0 Å². The molecule has 1 aromatic carbocycles. The molecule has 0 spiro atoms. The van der Waals surface area contributed by atoms with Crippen molar-refractivity contribution < 1.29 is 4.39 Å². The zero-order chi connectivity index (χ0) is 13.7. The Morgan fingerprint density at radius 2 is 2.00 bits per heavy atom. The first-order valence-electron chi connectivity index (χ1n) is 7.41. The molecule has 2 rings (SSSR count). The molecule has 3 heteroatoms. The summed E-state index contributed by atoms with van der Waals surface area (Å²) in [7, 11) is 0. The van der Waals surface area contributed by atoms with E-state index in [1.807, 2.05) is 19.1 Å². The van der Waals surface area contributed by atoms with E-state index >= 15 is 0 Å². The second-order valence-electron chi connectivity index (χ2n) is 5.53. The quantitative estimate of drug-likeness (QED) is 0.878. The van der Waals surface area contributed by atoms with E-state index in [0.717, 1.165) is 24.6 Å². The molecule has 19 heavy (non-hydrogen) atoms. The van der Waals surface area contributed by atoms with E-state index in [2.05, 4.69) is 17.1 Å². The van der Waals surface area contributed by atoms with Crippen molar-refractivity contribution in [2.24, 2.45) is 5.92 Å². The van der Waals surface area contributed by atoms with Gasteiger partial charge in [0.15, 0.2) is 0 Å². The number of piperidine rings is 1. The van der Waals surface area contributed by atoms with Crippen molar-refractivity contribution in [3.05, 3.63) is 35.6 Å². The molecule has 2 nitrogen and oxygen atoms in total. The number of nitrogens with zero attached hydrogens (tertiary/aromatic N) is 1. The van der Waals surface area contributed by atoms with Crippen molar-refractivity contribution in [3.8, 4) is 0 Å². The van der Waals surface area contributed by atoms with E-state index < -0.39 is 0 Å². The average Bonchev–Trinajstić information content (AvgIpc) is 2.46. The summed E-state index contributed by atoms with van der Waals surface area (Å²) >= 11 is 0. The SMILES string of the molecule is CCN1CCC(CNC(C)c2ccccc2F)CC1. The number of rotatable bonds is 5. The molecule has 1 aliphatic heterocycles. The zero-order valence-electron chi connectivity index (χ0n) is 12.0. The Morgan fingerprint density at radius 1 is 1.32 bits per heavy atom. The summed E-state index contributed by atoms with van der Waals surface area (Å²) < 4.78 is 13.7. The number of halogens is 1. The van der Waals surface area contributed by atoms with E-state index in [1.165, 1.54) is 32.0 Å². The summed E-state index contributed by atoms with van der Waals surface area (Å²) in [5, 5.41) is 3.48. The first kappa shape index (κ1) is 14.5. The van der Waals surface area contributed by atoms with Gasteiger partial charge < -0.3 is 10.2 Å². The van der Waals surface area contributed by atoms with E-state index in [0.29, 0.717) is 0 Å². The molecule has 1 heterocycles. The third-order valence-electron chi connectivity index (χ3n) is 4.24. The van der Waals surface area contributed by atoms with Crippen molar-refractivity contribution in [1.82, 2.24) is 10.2 Å². The number of hydrogen-bond acceptors (Lipinski definition) is 2. The summed E-state index contributed by atoms with van der Waals surface area (Å²) in [5.41, 5.74) is 0.772. The molecule has 0 amide bonds. The lowest BCUT2D eigenvalue weighted by molar-refractivity contribution is 0.188. The largest absolute Gasteiger partial charge is 0.310 e. The van der Waals surface area contributed by atoms with Crippen LogP contribution in [-0.2, 0) is 0 Å². The van der Waals surface area contributed by atoms with Gasteiger partial charge in [-0.3, -0.25) is 0 Å². The maximum Gasteiger partial charge on any atom is 0.127 e. The Hall–Kier alpha value is -0.930. The molecule has 0 radical (unpaired) electrons. The lowest BCUT2D eigenvalue weighted by Crippen LogP contribution is -2.37. The van der Waals surface area contributed by atoms with Crippen LogP contribution in [0, 0.1) is 11.7 Å². The minimum Gasteiger partial charge on any atom is -0.310 e. The highest BCUT2D eigenvalue weighted by atomic mass is 19.1. The van der Waals surface area contributed by atoms with Crippen LogP contribution in [0.3, 0.4) is 0 Å². The molecule has 1 N–H and O–H groups in total. The van der Waals surface area contributed by atoms with Crippen LogP contribution in [0.2, 0.25) is 0 Å². The summed E-state index contributed by atoms with van der Waals surface area (Å²) in [6.07, 6.45) is 2.51. The number of hydrogen-bond donors (Lipinski definition) is 1. The highest BCUT2D eigenvalue weighted by Gasteiger charge is 2.19. The standard InChI is InChI=1S/C16H25FN2/c1-3-19-10-8-14(9-11-19)12-18-13(2)15-6-4-5-7-16(15)17/h4-7,13-14,18H,3,8-12H2,1-2H3. The fourth-order valence-electron chi connectivity index (χ4n) is 2.79. The Kier molecular flexibility index (Phi) is 5.34. The summed E-state index contributed by atoms with van der Waals surface area (Å²) in [5.74, 6) is 0.625. The van der Waals surface area contributed by atoms with Crippen LogP contribution in [0.5, 0.6) is 0 Å². The fraction of sp³-hybridized carbons (Fsp3) is 0.625. The molecule has 106 valence electrons. The van der Waals surface area contributed by atoms with Gasteiger partial charge in [-0.05, 0) is 57.9 Å². The molecule has 1 atom stereocenters. The van der Waals surface area contributed by atoms with Gasteiger partial charge in [-0.1, -0.05) is 25.1 Å². The fourth-order valence-corrected chi connectivity index (χ4v) is 2.79. The van der Waals surface area contributed by atoms with Crippen molar-refractivity contribution in [2.45, 2.75) is 32.7 Å². The minimum absolute atomic E-state index is 0.0883. The predicted octanol–water partition coefficient (Wildman–Crippen LogP) is 3.21. The Labute approximate surface area is 116 Å². The molecule has 1 fully saturated rings. The van der Waals surface area contributed by atoms with Crippen LogP contribution in [0.4, 0.5) is 4.39 Å². The van der Waals surface area contributed by atoms with Crippen LogP contribution >= 0.6 is 0 Å². The Balaban J connectivity index is 1.78. The van der Waals surface area contributed by atoms with Gasteiger partial charge in [-0.2, -0.15) is 0 Å². The highest BCUT2D eigenvalue weighted by Crippen LogP contribution is 2.19. The third kappa shape index (κ3) is 4.02. The van der Waals surface area contributed by atoms with Crippen LogP contribution < -0.4 is 5.32 Å². The Morgan fingerprint density at radius 3 is 2.63 bits per heavy atom. The average molecular weight is 264 g/mol. The minimum atomic E-state index is -0.108. The van der Waals surface area contributed by atoms with Gasteiger partial charge in [0.2, 0.25) is 0 Å². The van der Waals surface area contributed by atoms with E-state index in [4.69, 9.17) is 0 Å². The number of benzene rings is 1. The molecule has 1 aliphatic rings. The summed E-state index contributed by atoms with van der Waals surface area (Å²) in [6.45, 7) is 8.82. The molecule has 0 saturated carbocycles. The van der Waals surface area contributed by atoms with Gasteiger partial charge in [0.25, 0.3) is 0 Å². The second kappa shape index (κ2) is 7.01. The second-order valence-corrected chi connectivity index (χ2v) is 5.53. The van der Waals surface area contributed by atoms with Crippen molar-refractivity contribution in [1.29, 1.82) is 0 Å². The summed E-state index contributed by atoms with van der Waals surface area (Å²) in [6, 6.07) is 7.13. The van der Waals surface area contributed by atoms with Gasteiger partial charge in [0, 0.05) is 11.6 Å².